The molecule has 1 amide bonds. The van der Waals surface area contributed by atoms with Gasteiger partial charge in [-0.1, -0.05) is 60.7 Å². The molecule has 0 unspecified atom stereocenters. The number of carbonyl (C=O) groups excluding carboxylic acids is 1. The van der Waals surface area contributed by atoms with Gasteiger partial charge in [-0.2, -0.15) is 0 Å². The fraction of sp³-hybridized carbons (Fsp3) is 0.167. The highest BCUT2D eigenvalue weighted by Gasteiger charge is 2.50. The first-order chi connectivity index (χ1) is 13.5. The van der Waals surface area contributed by atoms with Crippen LogP contribution in [-0.4, -0.2) is 16.6 Å². The summed E-state index contributed by atoms with van der Waals surface area (Å²) in [6.07, 6.45) is 0.879. The molecule has 0 aromatic heterocycles. The van der Waals surface area contributed by atoms with Crippen LogP contribution in [0.3, 0.4) is 0 Å². The number of amides is 1. The summed E-state index contributed by atoms with van der Waals surface area (Å²) in [5.74, 6) is -0.0166. The SMILES string of the molecule is CC1(C)C(=O)N(c2ccccc2)C(=S)N1c1ccc(Cc2ccccc2)cc1. The number of anilines is 2. The average molecular weight is 387 g/mol. The number of carbonyl (C=O) groups is 1. The van der Waals surface area contributed by atoms with E-state index in [1.54, 1.807) is 4.90 Å². The van der Waals surface area contributed by atoms with Crippen molar-refractivity contribution in [1.82, 2.24) is 0 Å². The van der Waals surface area contributed by atoms with Crippen LogP contribution >= 0.6 is 12.2 Å². The van der Waals surface area contributed by atoms with Gasteiger partial charge in [0.05, 0.1) is 5.69 Å². The zero-order valence-corrected chi connectivity index (χ0v) is 16.8. The first kappa shape index (κ1) is 18.4. The standard InChI is InChI=1S/C24H22N2OS/c1-24(2)22(27)25(20-11-7-4-8-12-20)23(28)26(24)21-15-13-19(14-16-21)17-18-9-5-3-6-10-18/h3-16H,17H2,1-2H3. The van der Waals surface area contributed by atoms with E-state index >= 15 is 0 Å². The highest BCUT2D eigenvalue weighted by Crippen LogP contribution is 2.36. The molecule has 28 heavy (non-hydrogen) atoms. The van der Waals surface area contributed by atoms with Crippen molar-refractivity contribution in [1.29, 1.82) is 0 Å². The Morgan fingerprint density at radius 3 is 1.89 bits per heavy atom. The number of rotatable bonds is 4. The van der Waals surface area contributed by atoms with Gasteiger partial charge >= 0.3 is 0 Å². The lowest BCUT2D eigenvalue weighted by Crippen LogP contribution is -2.44. The summed E-state index contributed by atoms with van der Waals surface area (Å²) in [6.45, 7) is 3.84. The van der Waals surface area contributed by atoms with Crippen LogP contribution < -0.4 is 9.80 Å². The number of para-hydroxylation sites is 1. The molecule has 1 saturated heterocycles. The third-order valence-corrected chi connectivity index (χ3v) is 5.49. The normalized spacial score (nSPS) is 15.9. The summed E-state index contributed by atoms with van der Waals surface area (Å²) < 4.78 is 0. The van der Waals surface area contributed by atoms with Crippen molar-refractivity contribution in [3.05, 3.63) is 96.1 Å². The lowest BCUT2D eigenvalue weighted by Gasteiger charge is -2.29. The second kappa shape index (κ2) is 7.21. The van der Waals surface area contributed by atoms with Crippen LogP contribution in [0.25, 0.3) is 0 Å². The van der Waals surface area contributed by atoms with E-state index in [1.807, 2.05) is 67.3 Å². The Morgan fingerprint density at radius 1 is 0.750 bits per heavy atom. The quantitative estimate of drug-likeness (QED) is 0.576. The molecule has 3 aromatic carbocycles. The van der Waals surface area contributed by atoms with Crippen molar-refractivity contribution in [2.24, 2.45) is 0 Å². The Labute approximate surface area is 171 Å². The van der Waals surface area contributed by atoms with Crippen LogP contribution in [0.4, 0.5) is 11.4 Å². The molecule has 1 heterocycles. The number of hydrogen-bond acceptors (Lipinski definition) is 2. The van der Waals surface area contributed by atoms with E-state index in [1.165, 1.54) is 11.1 Å². The minimum absolute atomic E-state index is 0.0166. The molecule has 0 aliphatic carbocycles. The van der Waals surface area contributed by atoms with Gasteiger partial charge in [0, 0.05) is 5.69 Å². The van der Waals surface area contributed by atoms with Gasteiger partial charge in [0.1, 0.15) is 5.54 Å². The maximum atomic E-state index is 13.1. The summed E-state index contributed by atoms with van der Waals surface area (Å²) in [5.41, 5.74) is 3.49. The minimum atomic E-state index is -0.742. The molecular weight excluding hydrogens is 364 g/mol. The largest absolute Gasteiger partial charge is 0.304 e. The second-order valence-corrected chi connectivity index (χ2v) is 7.85. The second-order valence-electron chi connectivity index (χ2n) is 7.48. The van der Waals surface area contributed by atoms with Crippen LogP contribution in [0, 0.1) is 0 Å². The monoisotopic (exact) mass is 386 g/mol. The highest BCUT2D eigenvalue weighted by molar-refractivity contribution is 7.81. The predicted molar refractivity (Wildman–Crippen MR) is 119 cm³/mol. The molecule has 0 saturated carbocycles. The summed E-state index contributed by atoms with van der Waals surface area (Å²) >= 11 is 5.72. The number of benzene rings is 3. The number of thiocarbonyl (C=S) groups is 1. The summed E-state index contributed by atoms with van der Waals surface area (Å²) in [6, 6.07) is 28.3. The molecule has 1 aliphatic rings. The molecule has 0 bridgehead atoms. The molecule has 4 heteroatoms. The zero-order valence-electron chi connectivity index (χ0n) is 16.0. The van der Waals surface area contributed by atoms with Crippen molar-refractivity contribution in [3.63, 3.8) is 0 Å². The van der Waals surface area contributed by atoms with E-state index in [-0.39, 0.29) is 5.91 Å². The Balaban J connectivity index is 1.63. The number of nitrogens with zero attached hydrogens (tertiary/aromatic N) is 2. The van der Waals surface area contributed by atoms with Gasteiger partial charge in [-0.05, 0) is 67.9 Å². The summed E-state index contributed by atoms with van der Waals surface area (Å²) in [4.78, 5) is 16.7. The van der Waals surface area contributed by atoms with Crippen LogP contribution in [0.2, 0.25) is 0 Å². The molecule has 1 aliphatic heterocycles. The molecule has 3 aromatic rings. The van der Waals surface area contributed by atoms with Gasteiger partial charge in [-0.15, -0.1) is 0 Å². The maximum Gasteiger partial charge on any atom is 0.259 e. The smallest absolute Gasteiger partial charge is 0.259 e. The lowest BCUT2D eigenvalue weighted by molar-refractivity contribution is -0.120. The first-order valence-corrected chi connectivity index (χ1v) is 9.76. The molecule has 0 atom stereocenters. The topological polar surface area (TPSA) is 23.6 Å². The average Bonchev–Trinajstić information content (AvgIpc) is 2.88. The van der Waals surface area contributed by atoms with Gasteiger partial charge in [-0.25, -0.2) is 0 Å². The van der Waals surface area contributed by atoms with Crippen molar-refractivity contribution >= 4 is 34.6 Å². The lowest BCUT2D eigenvalue weighted by atomic mass is 10.0. The van der Waals surface area contributed by atoms with Crippen LogP contribution in [0.15, 0.2) is 84.9 Å². The molecule has 140 valence electrons. The van der Waals surface area contributed by atoms with Crippen molar-refractivity contribution < 1.29 is 4.79 Å². The van der Waals surface area contributed by atoms with E-state index in [4.69, 9.17) is 12.2 Å². The summed E-state index contributed by atoms with van der Waals surface area (Å²) in [7, 11) is 0. The predicted octanol–water partition coefficient (Wildman–Crippen LogP) is 5.19. The van der Waals surface area contributed by atoms with E-state index in [0.29, 0.717) is 5.11 Å². The Kier molecular flexibility index (Phi) is 4.73. The van der Waals surface area contributed by atoms with Gasteiger partial charge in [0.25, 0.3) is 5.91 Å². The fourth-order valence-electron chi connectivity index (χ4n) is 3.63. The van der Waals surface area contributed by atoms with Gasteiger partial charge < -0.3 is 4.90 Å². The van der Waals surface area contributed by atoms with Crippen LogP contribution in [0.5, 0.6) is 0 Å². The molecule has 1 fully saturated rings. The van der Waals surface area contributed by atoms with Crippen molar-refractivity contribution in [3.8, 4) is 0 Å². The van der Waals surface area contributed by atoms with Gasteiger partial charge in [-0.3, -0.25) is 9.69 Å². The third kappa shape index (κ3) is 3.20. The molecule has 0 spiro atoms. The Hall–Kier alpha value is -2.98. The molecular formula is C24H22N2OS. The number of hydrogen-bond donors (Lipinski definition) is 0. The highest BCUT2D eigenvalue weighted by atomic mass is 32.1. The van der Waals surface area contributed by atoms with E-state index in [2.05, 4.69) is 36.4 Å². The van der Waals surface area contributed by atoms with Crippen LogP contribution in [-0.2, 0) is 11.2 Å². The van der Waals surface area contributed by atoms with E-state index in [9.17, 15) is 4.79 Å². The van der Waals surface area contributed by atoms with Crippen LogP contribution in [0.1, 0.15) is 25.0 Å². The maximum absolute atomic E-state index is 13.1. The van der Waals surface area contributed by atoms with Crippen molar-refractivity contribution in [2.75, 3.05) is 9.80 Å². The van der Waals surface area contributed by atoms with Gasteiger partial charge in [0.15, 0.2) is 5.11 Å². The third-order valence-electron chi connectivity index (χ3n) is 5.13. The minimum Gasteiger partial charge on any atom is -0.304 e. The Morgan fingerprint density at radius 2 is 1.29 bits per heavy atom. The summed E-state index contributed by atoms with van der Waals surface area (Å²) in [5, 5.41) is 0.511. The van der Waals surface area contributed by atoms with Crippen molar-refractivity contribution in [2.45, 2.75) is 25.8 Å². The van der Waals surface area contributed by atoms with Gasteiger partial charge in [0.2, 0.25) is 0 Å². The first-order valence-electron chi connectivity index (χ1n) is 9.35. The molecule has 4 rings (SSSR count). The molecule has 0 radical (unpaired) electrons. The Bertz CT molecular complexity index is 998. The fourth-order valence-corrected chi connectivity index (χ4v) is 4.15. The van der Waals surface area contributed by atoms with E-state index < -0.39 is 5.54 Å². The molecule has 0 N–H and O–H groups in total. The molecule has 3 nitrogen and oxygen atoms in total. The van der Waals surface area contributed by atoms with E-state index in [0.717, 1.165) is 17.8 Å². The zero-order chi connectivity index (χ0) is 19.7.